The third-order valence-electron chi connectivity index (χ3n) is 13.2. The Morgan fingerprint density at radius 2 is 1.78 bits per heavy atom. The Balaban J connectivity index is 1.02. The number of carbonyl (C=O) groups excluding carboxylic acids is 1. The Labute approximate surface area is 401 Å². The minimum atomic E-state index is -4.77. The van der Waals surface area contributed by atoms with Gasteiger partial charge in [-0.05, 0) is 90.4 Å². The van der Waals surface area contributed by atoms with E-state index < -0.39 is 50.1 Å². The number of nitro groups is 1. The molecule has 1 aliphatic carbocycles. The highest BCUT2D eigenvalue weighted by Gasteiger charge is 2.45. The van der Waals surface area contributed by atoms with E-state index in [-0.39, 0.29) is 65.4 Å². The molecule has 0 unspecified atom stereocenters. The molecule has 0 radical (unpaired) electrons. The third-order valence-corrected chi connectivity index (χ3v) is 14.7. The molecule has 2 fully saturated rings. The smallest absolute Gasteiger partial charge is 0.425 e. The van der Waals surface area contributed by atoms with Crippen molar-refractivity contribution in [1.29, 1.82) is 0 Å². The zero-order chi connectivity index (χ0) is 48.7. The number of sulfonamides is 1. The second kappa shape index (κ2) is 19.5. The van der Waals surface area contributed by atoms with Gasteiger partial charge in [0.25, 0.3) is 21.6 Å². The summed E-state index contributed by atoms with van der Waals surface area (Å²) >= 11 is 6.25. The number of alkyl halides is 3. The first-order valence-electron chi connectivity index (χ1n) is 22.8. The predicted molar refractivity (Wildman–Crippen MR) is 256 cm³/mol. The highest BCUT2D eigenvalue weighted by Crippen LogP contribution is 2.45. The molecule has 0 saturated carbocycles. The van der Waals surface area contributed by atoms with Crippen LogP contribution in [0.15, 0.2) is 89.5 Å². The molecule has 21 heteroatoms. The Bertz CT molecular complexity index is 2880. The molecule has 16 nitrogen and oxygen atoms in total. The predicted octanol–water partition coefficient (Wildman–Crippen LogP) is 8.71. The number of allylic oxidation sites excluding steroid dienone is 1. The number of hydrogen-bond acceptors (Lipinski definition) is 13. The molecule has 4 aliphatic rings. The maximum Gasteiger partial charge on any atom is 0.425 e. The van der Waals surface area contributed by atoms with Crippen LogP contribution in [0, 0.1) is 15.5 Å². The van der Waals surface area contributed by atoms with E-state index in [1.807, 2.05) is 12.1 Å². The number of fused-ring (bicyclic) bond motifs is 2. The van der Waals surface area contributed by atoms with Crippen molar-refractivity contribution in [3.05, 3.63) is 111 Å². The zero-order valence-corrected chi connectivity index (χ0v) is 39.6. The maximum atomic E-state index is 14.4. The average molecular weight is 994 g/mol. The first kappa shape index (κ1) is 48.1. The standard InChI is InChI=1S/C48H52ClF3N8O8S/c1-47(2)14-11-32(38(26-47)30-3-5-33(49)6-4-30)28-57-17-19-58(20-18-57)34-7-9-37(40(24-34)59-16-13-43(48(50,51)52)68-46-42(59)23-31-12-15-53-44(31)55-46)45(61)56-69(64,65)36-8-10-39(41(25-36)60(62)63)54-27-35-29-66-21-22-67-35/h3-10,12,15,23-25,35,43,54H,11,13-14,16-22,26-29H2,1-2H3,(H,53,55)(H,56,61)/t35-,43-/m1/s1. The molecule has 5 aromatic rings. The number of hydrogen-bond donors (Lipinski definition) is 3. The van der Waals surface area contributed by atoms with Crippen molar-refractivity contribution in [2.24, 2.45) is 5.41 Å². The molecule has 3 aromatic carbocycles. The van der Waals surface area contributed by atoms with Crippen LogP contribution in [0.25, 0.3) is 16.6 Å². The monoisotopic (exact) mass is 992 g/mol. The van der Waals surface area contributed by atoms with Gasteiger partial charge >= 0.3 is 6.18 Å². The average Bonchev–Trinajstić information content (AvgIpc) is 3.69. The fraction of sp³-hybridized carbons (Fsp3) is 0.417. The summed E-state index contributed by atoms with van der Waals surface area (Å²) in [6, 6.07) is 19.3. The largest absolute Gasteiger partial charge is 0.463 e. The summed E-state index contributed by atoms with van der Waals surface area (Å²) in [5.41, 5.74) is 4.53. The minimum Gasteiger partial charge on any atom is -0.463 e. The Morgan fingerprint density at radius 1 is 1.00 bits per heavy atom. The van der Waals surface area contributed by atoms with Crippen molar-refractivity contribution < 1.29 is 45.5 Å². The zero-order valence-electron chi connectivity index (χ0n) is 38.0. The van der Waals surface area contributed by atoms with Gasteiger partial charge in [-0.25, -0.2) is 13.1 Å². The van der Waals surface area contributed by atoms with E-state index in [1.54, 1.807) is 30.5 Å². The lowest BCUT2D eigenvalue weighted by molar-refractivity contribution is -0.384. The number of halogens is 4. The number of nitrogens with one attached hydrogen (secondary N) is 3. The number of nitro benzene ring substituents is 1. The quantitative estimate of drug-likeness (QED) is 0.0798. The molecular formula is C48H52ClF3N8O8S. The van der Waals surface area contributed by atoms with Crippen molar-refractivity contribution in [1.82, 2.24) is 19.6 Å². The van der Waals surface area contributed by atoms with E-state index in [9.17, 15) is 36.5 Å². The first-order valence-corrected chi connectivity index (χ1v) is 24.6. The van der Waals surface area contributed by atoms with Crippen LogP contribution in [0.4, 0.5) is 41.6 Å². The van der Waals surface area contributed by atoms with E-state index in [0.29, 0.717) is 55.5 Å². The molecule has 3 aliphatic heterocycles. The van der Waals surface area contributed by atoms with E-state index in [2.05, 4.69) is 55.8 Å². The van der Waals surface area contributed by atoms with Gasteiger partial charge in [0.05, 0.1) is 47.0 Å². The van der Waals surface area contributed by atoms with Gasteiger partial charge < -0.3 is 34.3 Å². The van der Waals surface area contributed by atoms with Gasteiger partial charge in [0.2, 0.25) is 5.88 Å². The molecule has 5 heterocycles. The van der Waals surface area contributed by atoms with E-state index >= 15 is 0 Å². The normalized spacial score (nSPS) is 20.3. The second-order valence-electron chi connectivity index (χ2n) is 18.5. The fourth-order valence-corrected chi connectivity index (χ4v) is 10.5. The van der Waals surface area contributed by atoms with Crippen molar-refractivity contribution in [2.75, 3.05) is 80.8 Å². The minimum absolute atomic E-state index is 0.0281. The number of amides is 1. The van der Waals surface area contributed by atoms with E-state index in [1.165, 1.54) is 33.7 Å². The number of aromatic amines is 1. The lowest BCUT2D eigenvalue weighted by Gasteiger charge is -2.39. The maximum absolute atomic E-state index is 14.4. The lowest BCUT2D eigenvalue weighted by atomic mass is 9.72. The van der Waals surface area contributed by atoms with E-state index in [0.717, 1.165) is 37.9 Å². The summed E-state index contributed by atoms with van der Waals surface area (Å²) < 4.78 is 89.8. The molecule has 0 spiro atoms. The number of carbonyl (C=O) groups is 1. The van der Waals surface area contributed by atoms with Gasteiger partial charge in [0.1, 0.15) is 17.0 Å². The van der Waals surface area contributed by atoms with Gasteiger partial charge in [-0.3, -0.25) is 19.8 Å². The topological polar surface area (TPSA) is 185 Å². The van der Waals surface area contributed by atoms with Crippen LogP contribution in [-0.2, 0) is 19.5 Å². The highest BCUT2D eigenvalue weighted by molar-refractivity contribution is 7.90. The van der Waals surface area contributed by atoms with Crippen molar-refractivity contribution in [3.8, 4) is 5.88 Å². The van der Waals surface area contributed by atoms with Crippen molar-refractivity contribution >= 4 is 72.6 Å². The second-order valence-corrected chi connectivity index (χ2v) is 20.6. The molecule has 2 aromatic heterocycles. The number of pyridine rings is 1. The van der Waals surface area contributed by atoms with Crippen LogP contribution in [0.3, 0.4) is 0 Å². The van der Waals surface area contributed by atoms with Crippen LogP contribution < -0.4 is 24.6 Å². The summed E-state index contributed by atoms with van der Waals surface area (Å²) in [4.78, 5) is 38.6. The van der Waals surface area contributed by atoms with Crippen LogP contribution in [0.1, 0.15) is 55.5 Å². The Morgan fingerprint density at radius 3 is 2.51 bits per heavy atom. The Kier molecular flexibility index (Phi) is 13.6. The Hall–Kier alpha value is -5.93. The molecule has 2 saturated heterocycles. The van der Waals surface area contributed by atoms with Crippen molar-refractivity contribution in [2.45, 2.75) is 62.8 Å². The number of nitrogens with zero attached hydrogens (tertiary/aromatic N) is 5. The third kappa shape index (κ3) is 10.8. The number of benzene rings is 3. The fourth-order valence-electron chi connectivity index (χ4n) is 9.40. The molecule has 1 amide bonds. The molecule has 9 rings (SSSR count). The van der Waals surface area contributed by atoms with Gasteiger partial charge in [-0.1, -0.05) is 43.2 Å². The van der Waals surface area contributed by atoms with Crippen LogP contribution in [-0.4, -0.2) is 118 Å². The SMILES string of the molecule is CC1(C)CCC(CN2CCN(c3ccc(C(=O)NS(=O)(=O)c4ccc(NC[C@@H]5COCCO5)c([N+](=O)[O-])c4)c(N4CC[C@H](C(F)(F)F)Oc5nc6[nH]ccc6cc54)c3)CC2)=C(c2ccc(Cl)cc2)C1. The summed E-state index contributed by atoms with van der Waals surface area (Å²) in [5.74, 6) is -1.44. The molecule has 0 bridgehead atoms. The number of rotatable bonds is 12. The van der Waals surface area contributed by atoms with Gasteiger partial charge in [-0.2, -0.15) is 18.2 Å². The van der Waals surface area contributed by atoms with Gasteiger partial charge in [-0.15, -0.1) is 0 Å². The highest BCUT2D eigenvalue weighted by atomic mass is 35.5. The number of ether oxygens (including phenoxy) is 3. The molecular weight excluding hydrogens is 941 g/mol. The lowest BCUT2D eigenvalue weighted by Crippen LogP contribution is -2.47. The van der Waals surface area contributed by atoms with Crippen LogP contribution >= 0.6 is 11.6 Å². The van der Waals surface area contributed by atoms with Crippen LogP contribution in [0.2, 0.25) is 5.02 Å². The van der Waals surface area contributed by atoms with Crippen LogP contribution in [0.5, 0.6) is 5.88 Å². The van der Waals surface area contributed by atoms with E-state index in [4.69, 9.17) is 25.8 Å². The molecule has 3 N–H and O–H groups in total. The molecule has 366 valence electrons. The summed E-state index contributed by atoms with van der Waals surface area (Å²) in [6.07, 6.45) is -3.36. The first-order chi connectivity index (χ1) is 32.9. The summed E-state index contributed by atoms with van der Waals surface area (Å²) in [7, 11) is -4.77. The number of aromatic nitrogens is 2. The number of piperazine rings is 1. The number of H-pyrrole nitrogens is 1. The van der Waals surface area contributed by atoms with Gasteiger partial charge in [0.15, 0.2) is 6.10 Å². The van der Waals surface area contributed by atoms with Crippen molar-refractivity contribution in [3.63, 3.8) is 0 Å². The summed E-state index contributed by atoms with van der Waals surface area (Å²) in [6.45, 7) is 8.86. The molecule has 2 atom stereocenters. The number of anilines is 4. The molecule has 69 heavy (non-hydrogen) atoms. The summed E-state index contributed by atoms with van der Waals surface area (Å²) in [5, 5.41) is 16.3. The van der Waals surface area contributed by atoms with Gasteiger partial charge in [0, 0.05) is 80.6 Å².